The molecule has 0 radical (unpaired) electrons. The largest absolute Gasteiger partial charge is 0.497 e. The van der Waals surface area contributed by atoms with E-state index in [0.717, 1.165) is 23.4 Å². The molecule has 24 heavy (non-hydrogen) atoms. The van der Waals surface area contributed by atoms with Crippen molar-refractivity contribution in [1.29, 1.82) is 0 Å². The topological polar surface area (TPSA) is 69.5 Å². The lowest BCUT2D eigenvalue weighted by Gasteiger charge is -2.41. The number of likely N-dealkylation sites (tertiary alicyclic amines) is 1. The molecule has 3 heterocycles. The highest BCUT2D eigenvalue weighted by Gasteiger charge is 2.38. The summed E-state index contributed by atoms with van der Waals surface area (Å²) in [5, 5.41) is 8.15. The van der Waals surface area contributed by atoms with Crippen LogP contribution in [0, 0.1) is 6.92 Å². The molecule has 0 N–H and O–H groups in total. The van der Waals surface area contributed by atoms with Crippen molar-refractivity contribution in [2.75, 3.05) is 20.2 Å². The molecule has 0 unspecified atom stereocenters. The monoisotopic (exact) mass is 328 g/mol. The summed E-state index contributed by atoms with van der Waals surface area (Å²) < 4.78 is 13.0. The summed E-state index contributed by atoms with van der Waals surface area (Å²) in [6.45, 7) is 3.75. The van der Waals surface area contributed by atoms with Crippen molar-refractivity contribution < 1.29 is 14.3 Å². The molecule has 2 aliphatic heterocycles. The van der Waals surface area contributed by atoms with Crippen LogP contribution >= 0.6 is 0 Å². The molecule has 4 rings (SSSR count). The number of aromatic nitrogens is 3. The highest BCUT2D eigenvalue weighted by atomic mass is 16.5. The summed E-state index contributed by atoms with van der Waals surface area (Å²) in [6.07, 6.45) is 2.63. The number of carbonyl (C=O) groups is 1. The van der Waals surface area contributed by atoms with E-state index in [0.29, 0.717) is 25.3 Å². The molecular weight excluding hydrogens is 308 g/mol. The number of hydrogen-bond donors (Lipinski definition) is 0. The minimum atomic E-state index is 0.0347. The Balaban J connectivity index is 1.57. The molecular formula is C17H20N4O3. The van der Waals surface area contributed by atoms with Crippen molar-refractivity contribution in [3.8, 4) is 5.75 Å². The van der Waals surface area contributed by atoms with Crippen molar-refractivity contribution in [2.24, 2.45) is 0 Å². The number of amides is 1. The smallest absolute Gasteiger partial charge is 0.254 e. The van der Waals surface area contributed by atoms with Crippen LogP contribution in [0.1, 0.15) is 34.1 Å². The van der Waals surface area contributed by atoms with Gasteiger partial charge in [-0.25, -0.2) is 4.68 Å². The zero-order chi connectivity index (χ0) is 16.7. The molecule has 0 spiro atoms. The van der Waals surface area contributed by atoms with Crippen LogP contribution in [-0.2, 0) is 11.3 Å². The number of rotatable bonds is 2. The predicted molar refractivity (Wildman–Crippen MR) is 85.9 cm³/mol. The number of methoxy groups -OCH3 is 1. The van der Waals surface area contributed by atoms with Gasteiger partial charge >= 0.3 is 0 Å². The molecule has 2 aromatic rings. The fourth-order valence-corrected chi connectivity index (χ4v) is 3.54. The quantitative estimate of drug-likeness (QED) is 0.837. The van der Waals surface area contributed by atoms with Gasteiger partial charge in [0.1, 0.15) is 5.75 Å². The Labute approximate surface area is 140 Å². The number of nitrogens with zero attached hydrogens (tertiary/aromatic N) is 4. The number of aryl methyl sites for hydroxylation is 1. The molecule has 0 saturated carbocycles. The number of carbonyl (C=O) groups excluding carboxylic acids is 1. The molecule has 126 valence electrons. The molecule has 2 atom stereocenters. The van der Waals surface area contributed by atoms with E-state index in [1.165, 1.54) is 0 Å². The standard InChI is InChI=1S/C17H20N4O3/c1-11-7-13(23-2)3-4-14(11)17(22)20-6-5-16-15(9-20)21-12(10-24-16)8-18-19-21/h3-4,7-8,15-16H,5-6,9-10H2,1-2H3/t15-,16-/m1/s1. The fourth-order valence-electron chi connectivity index (χ4n) is 3.54. The second-order valence-corrected chi connectivity index (χ2v) is 6.31. The summed E-state index contributed by atoms with van der Waals surface area (Å²) in [6, 6.07) is 5.58. The minimum Gasteiger partial charge on any atom is -0.497 e. The summed E-state index contributed by atoms with van der Waals surface area (Å²) in [5.41, 5.74) is 2.60. The summed E-state index contributed by atoms with van der Waals surface area (Å²) >= 11 is 0. The first-order valence-electron chi connectivity index (χ1n) is 8.12. The number of fused-ring (bicyclic) bond motifs is 3. The van der Waals surface area contributed by atoms with Crippen LogP contribution in [0.3, 0.4) is 0 Å². The molecule has 1 amide bonds. The van der Waals surface area contributed by atoms with Crippen LogP contribution in [0.5, 0.6) is 5.75 Å². The van der Waals surface area contributed by atoms with E-state index in [9.17, 15) is 4.79 Å². The molecule has 1 aromatic carbocycles. The molecule has 1 aromatic heterocycles. The predicted octanol–water partition coefficient (Wildman–Crippen LogP) is 1.58. The first kappa shape index (κ1) is 15.1. The van der Waals surface area contributed by atoms with Crippen LogP contribution in [0.15, 0.2) is 24.4 Å². The normalized spacial score (nSPS) is 22.7. The van der Waals surface area contributed by atoms with Gasteiger partial charge in [-0.2, -0.15) is 0 Å². The Morgan fingerprint density at radius 2 is 2.29 bits per heavy atom. The number of hydrogen-bond acceptors (Lipinski definition) is 5. The van der Waals surface area contributed by atoms with Crippen molar-refractivity contribution >= 4 is 5.91 Å². The SMILES string of the molecule is COc1ccc(C(=O)N2CC[C@H]3OCc4cnnn4[C@@H]3C2)c(C)c1. The first-order chi connectivity index (χ1) is 11.7. The van der Waals surface area contributed by atoms with E-state index < -0.39 is 0 Å². The molecule has 0 aliphatic carbocycles. The second kappa shape index (κ2) is 5.90. The lowest BCUT2D eigenvalue weighted by molar-refractivity contribution is -0.0605. The zero-order valence-corrected chi connectivity index (χ0v) is 13.8. The Bertz CT molecular complexity index is 773. The zero-order valence-electron chi connectivity index (χ0n) is 13.8. The molecule has 1 fully saturated rings. The van der Waals surface area contributed by atoms with Crippen molar-refractivity contribution in [3.63, 3.8) is 0 Å². The van der Waals surface area contributed by atoms with E-state index in [4.69, 9.17) is 9.47 Å². The molecule has 0 bridgehead atoms. The van der Waals surface area contributed by atoms with Gasteiger partial charge in [-0.05, 0) is 37.1 Å². The lowest BCUT2D eigenvalue weighted by Crippen LogP contribution is -2.50. The Morgan fingerprint density at radius 1 is 1.42 bits per heavy atom. The second-order valence-electron chi connectivity index (χ2n) is 6.31. The van der Waals surface area contributed by atoms with Crippen LogP contribution in [-0.4, -0.2) is 52.1 Å². The fraction of sp³-hybridized carbons (Fsp3) is 0.471. The van der Waals surface area contributed by atoms with E-state index >= 15 is 0 Å². The van der Waals surface area contributed by atoms with E-state index in [-0.39, 0.29) is 18.1 Å². The molecule has 1 saturated heterocycles. The van der Waals surface area contributed by atoms with Gasteiger partial charge in [0.05, 0.1) is 37.8 Å². The van der Waals surface area contributed by atoms with Gasteiger partial charge in [-0.1, -0.05) is 5.21 Å². The number of ether oxygens (including phenoxy) is 2. The van der Waals surface area contributed by atoms with Crippen LogP contribution < -0.4 is 4.74 Å². The third-order valence-corrected chi connectivity index (χ3v) is 4.88. The maximum absolute atomic E-state index is 12.9. The van der Waals surface area contributed by atoms with Crippen LogP contribution in [0.4, 0.5) is 0 Å². The Hall–Kier alpha value is -2.41. The van der Waals surface area contributed by atoms with Gasteiger partial charge < -0.3 is 14.4 Å². The van der Waals surface area contributed by atoms with Crippen LogP contribution in [0.25, 0.3) is 0 Å². The highest BCUT2D eigenvalue weighted by molar-refractivity contribution is 5.96. The number of benzene rings is 1. The minimum absolute atomic E-state index is 0.0347. The van der Waals surface area contributed by atoms with Gasteiger partial charge in [0.25, 0.3) is 5.91 Å². The molecule has 7 nitrogen and oxygen atoms in total. The van der Waals surface area contributed by atoms with Gasteiger partial charge in [-0.15, -0.1) is 5.10 Å². The lowest BCUT2D eigenvalue weighted by atomic mass is 9.98. The average molecular weight is 328 g/mol. The maximum Gasteiger partial charge on any atom is 0.254 e. The number of piperidine rings is 1. The third-order valence-electron chi connectivity index (χ3n) is 4.88. The van der Waals surface area contributed by atoms with Gasteiger partial charge in [0.2, 0.25) is 0 Å². The average Bonchev–Trinajstić information content (AvgIpc) is 3.09. The van der Waals surface area contributed by atoms with Crippen molar-refractivity contribution in [2.45, 2.75) is 32.1 Å². The molecule has 2 aliphatic rings. The Kier molecular flexibility index (Phi) is 3.72. The van der Waals surface area contributed by atoms with E-state index in [1.807, 2.05) is 34.7 Å². The summed E-state index contributed by atoms with van der Waals surface area (Å²) in [4.78, 5) is 14.8. The van der Waals surface area contributed by atoms with Crippen molar-refractivity contribution in [3.05, 3.63) is 41.2 Å². The van der Waals surface area contributed by atoms with Crippen LogP contribution in [0.2, 0.25) is 0 Å². The third kappa shape index (κ3) is 2.45. The maximum atomic E-state index is 12.9. The van der Waals surface area contributed by atoms with Gasteiger partial charge in [0.15, 0.2) is 0 Å². The summed E-state index contributed by atoms with van der Waals surface area (Å²) in [7, 11) is 1.62. The molecule has 7 heteroatoms. The van der Waals surface area contributed by atoms with Gasteiger partial charge in [0, 0.05) is 18.7 Å². The first-order valence-corrected chi connectivity index (χ1v) is 8.12. The van der Waals surface area contributed by atoms with E-state index in [2.05, 4.69) is 10.3 Å². The van der Waals surface area contributed by atoms with Crippen molar-refractivity contribution in [1.82, 2.24) is 19.9 Å². The highest BCUT2D eigenvalue weighted by Crippen LogP contribution is 2.31. The Morgan fingerprint density at radius 3 is 3.08 bits per heavy atom. The van der Waals surface area contributed by atoms with Gasteiger partial charge in [-0.3, -0.25) is 4.79 Å². The van der Waals surface area contributed by atoms with E-state index in [1.54, 1.807) is 13.3 Å². The summed E-state index contributed by atoms with van der Waals surface area (Å²) in [5.74, 6) is 0.802.